The van der Waals surface area contributed by atoms with Gasteiger partial charge >= 0.3 is 18.3 Å². The average molecular weight is 483 g/mol. The summed E-state index contributed by atoms with van der Waals surface area (Å²) in [5.41, 5.74) is 1.97. The van der Waals surface area contributed by atoms with Crippen molar-refractivity contribution >= 4 is 23.5 Å². The van der Waals surface area contributed by atoms with Crippen LogP contribution in [0.3, 0.4) is 0 Å². The van der Waals surface area contributed by atoms with E-state index in [0.717, 1.165) is 24.1 Å². The first-order valence-electron chi connectivity index (χ1n) is 11.1. The maximum absolute atomic E-state index is 13.0. The SMILES string of the molecule is O=C(Nc1ccc(N2CCCN(Cc3ccc(C(F)(F)F)cc3)C2=O)cc1)OCc1ccccc1. The number of nitrogens with zero attached hydrogens (tertiary/aromatic N) is 2. The first-order valence-corrected chi connectivity index (χ1v) is 11.1. The lowest BCUT2D eigenvalue weighted by Gasteiger charge is -2.35. The van der Waals surface area contributed by atoms with E-state index in [-0.39, 0.29) is 19.2 Å². The van der Waals surface area contributed by atoms with Gasteiger partial charge in [0.2, 0.25) is 0 Å². The Balaban J connectivity index is 1.33. The molecule has 3 aromatic carbocycles. The Morgan fingerprint density at radius 3 is 2.23 bits per heavy atom. The van der Waals surface area contributed by atoms with Gasteiger partial charge in [0.1, 0.15) is 6.61 Å². The number of benzene rings is 3. The maximum Gasteiger partial charge on any atom is 0.416 e. The third-order valence-corrected chi connectivity index (χ3v) is 5.60. The molecule has 0 radical (unpaired) electrons. The van der Waals surface area contributed by atoms with Gasteiger partial charge in [-0.3, -0.25) is 10.2 Å². The Kier molecular flexibility index (Phi) is 7.24. The van der Waals surface area contributed by atoms with Crippen LogP contribution in [0.15, 0.2) is 78.9 Å². The number of halogens is 3. The van der Waals surface area contributed by atoms with Crippen LogP contribution in [-0.2, 0) is 24.1 Å². The number of hydrogen-bond acceptors (Lipinski definition) is 3. The third kappa shape index (κ3) is 6.32. The molecule has 1 N–H and O–H groups in total. The molecule has 0 saturated carbocycles. The molecule has 0 spiro atoms. The fourth-order valence-corrected chi connectivity index (χ4v) is 3.79. The first-order chi connectivity index (χ1) is 16.8. The highest BCUT2D eigenvalue weighted by Crippen LogP contribution is 2.29. The van der Waals surface area contributed by atoms with E-state index < -0.39 is 17.8 Å². The summed E-state index contributed by atoms with van der Waals surface area (Å²) >= 11 is 0. The topological polar surface area (TPSA) is 61.9 Å². The molecule has 0 atom stereocenters. The smallest absolute Gasteiger partial charge is 0.416 e. The van der Waals surface area contributed by atoms with Gasteiger partial charge < -0.3 is 9.64 Å². The van der Waals surface area contributed by atoms with E-state index >= 15 is 0 Å². The minimum atomic E-state index is -4.39. The average Bonchev–Trinajstić information content (AvgIpc) is 2.85. The molecule has 6 nitrogen and oxygen atoms in total. The van der Waals surface area contributed by atoms with Gasteiger partial charge in [0.25, 0.3) is 0 Å². The van der Waals surface area contributed by atoms with Crippen LogP contribution in [0.4, 0.5) is 34.1 Å². The van der Waals surface area contributed by atoms with Gasteiger partial charge in [0.05, 0.1) is 5.56 Å². The molecule has 182 valence electrons. The number of alkyl halides is 3. The highest BCUT2D eigenvalue weighted by Gasteiger charge is 2.30. The van der Waals surface area contributed by atoms with Crippen LogP contribution in [0, 0.1) is 0 Å². The highest BCUT2D eigenvalue weighted by atomic mass is 19.4. The number of nitrogens with one attached hydrogen (secondary N) is 1. The second-order valence-electron chi connectivity index (χ2n) is 8.14. The number of hydrogen-bond donors (Lipinski definition) is 1. The Morgan fingerprint density at radius 2 is 1.57 bits per heavy atom. The maximum atomic E-state index is 13.0. The molecule has 0 aliphatic carbocycles. The molecular formula is C26H24F3N3O3. The summed E-state index contributed by atoms with van der Waals surface area (Å²) in [7, 11) is 0. The minimum absolute atomic E-state index is 0.155. The summed E-state index contributed by atoms with van der Waals surface area (Å²) in [5.74, 6) is 0. The first kappa shape index (κ1) is 24.1. The summed E-state index contributed by atoms with van der Waals surface area (Å²) in [4.78, 5) is 28.3. The van der Waals surface area contributed by atoms with Crippen molar-refractivity contribution in [2.45, 2.75) is 25.7 Å². The second kappa shape index (κ2) is 10.5. The molecule has 1 aliphatic rings. The molecule has 0 bridgehead atoms. The Morgan fingerprint density at radius 1 is 0.886 bits per heavy atom. The van der Waals surface area contributed by atoms with Crippen LogP contribution >= 0.6 is 0 Å². The second-order valence-corrected chi connectivity index (χ2v) is 8.14. The third-order valence-electron chi connectivity index (χ3n) is 5.60. The zero-order chi connectivity index (χ0) is 24.8. The molecule has 1 aliphatic heterocycles. The molecule has 4 rings (SSSR count). The Hall–Kier alpha value is -4.01. The molecule has 0 aromatic heterocycles. The number of urea groups is 1. The van der Waals surface area contributed by atoms with Crippen LogP contribution in [0.5, 0.6) is 0 Å². The lowest BCUT2D eigenvalue weighted by Crippen LogP contribution is -2.49. The molecule has 35 heavy (non-hydrogen) atoms. The predicted molar refractivity (Wildman–Crippen MR) is 126 cm³/mol. The van der Waals surface area contributed by atoms with Gasteiger partial charge in [-0.15, -0.1) is 0 Å². The molecule has 1 heterocycles. The van der Waals surface area contributed by atoms with Crippen molar-refractivity contribution in [1.29, 1.82) is 0 Å². The van der Waals surface area contributed by atoms with Crippen LogP contribution in [-0.4, -0.2) is 30.1 Å². The monoisotopic (exact) mass is 483 g/mol. The number of anilines is 2. The van der Waals surface area contributed by atoms with Gasteiger partial charge in [-0.25, -0.2) is 9.59 Å². The molecule has 9 heteroatoms. The van der Waals surface area contributed by atoms with E-state index in [9.17, 15) is 22.8 Å². The molecular weight excluding hydrogens is 459 g/mol. The largest absolute Gasteiger partial charge is 0.444 e. The van der Waals surface area contributed by atoms with Crippen molar-refractivity contribution in [2.24, 2.45) is 0 Å². The highest BCUT2D eigenvalue weighted by molar-refractivity contribution is 5.93. The normalized spacial score (nSPS) is 14.1. The lowest BCUT2D eigenvalue weighted by molar-refractivity contribution is -0.137. The number of ether oxygens (including phenoxy) is 1. The lowest BCUT2D eigenvalue weighted by atomic mass is 10.1. The summed E-state index contributed by atoms with van der Waals surface area (Å²) in [6.45, 7) is 1.42. The van der Waals surface area contributed by atoms with Crippen molar-refractivity contribution < 1.29 is 27.5 Å². The quantitative estimate of drug-likeness (QED) is 0.449. The van der Waals surface area contributed by atoms with E-state index in [2.05, 4.69) is 5.32 Å². The fraction of sp³-hybridized carbons (Fsp3) is 0.231. The number of carbonyl (C=O) groups excluding carboxylic acids is 2. The van der Waals surface area contributed by atoms with Crippen molar-refractivity contribution in [1.82, 2.24) is 4.90 Å². The van der Waals surface area contributed by atoms with Crippen molar-refractivity contribution in [3.05, 3.63) is 95.6 Å². The van der Waals surface area contributed by atoms with Crippen LogP contribution in [0.2, 0.25) is 0 Å². The molecule has 1 fully saturated rings. The van der Waals surface area contributed by atoms with Crippen LogP contribution < -0.4 is 10.2 Å². The van der Waals surface area contributed by atoms with Gasteiger partial charge in [0.15, 0.2) is 0 Å². The number of carbonyl (C=O) groups is 2. The Bertz CT molecular complexity index is 1150. The Labute approximate surface area is 200 Å². The molecule has 3 aromatic rings. The van der Waals surface area contributed by atoms with Crippen molar-refractivity contribution in [2.75, 3.05) is 23.3 Å². The number of rotatable bonds is 6. The predicted octanol–water partition coefficient (Wildman–Crippen LogP) is 6.29. The molecule has 3 amide bonds. The standard InChI is InChI=1S/C26H24F3N3O3/c27-26(28,29)21-9-7-19(8-10-21)17-31-15-4-16-32(25(31)34)23-13-11-22(12-14-23)30-24(33)35-18-20-5-2-1-3-6-20/h1-3,5-14H,4,15-18H2,(H,30,33). The van der Waals surface area contributed by atoms with Gasteiger partial charge in [-0.2, -0.15) is 13.2 Å². The van der Waals surface area contributed by atoms with Crippen molar-refractivity contribution in [3.8, 4) is 0 Å². The van der Waals surface area contributed by atoms with Gasteiger partial charge in [0, 0.05) is 31.0 Å². The molecule has 1 saturated heterocycles. The van der Waals surface area contributed by atoms with Gasteiger partial charge in [-0.1, -0.05) is 42.5 Å². The molecule has 0 unspecified atom stereocenters. The summed E-state index contributed by atoms with van der Waals surface area (Å²) in [6.07, 6.45) is -4.26. The number of amides is 3. The van der Waals surface area contributed by atoms with Crippen LogP contribution in [0.25, 0.3) is 0 Å². The summed E-state index contributed by atoms with van der Waals surface area (Å²) < 4.78 is 43.6. The van der Waals surface area contributed by atoms with Gasteiger partial charge in [-0.05, 0) is 53.9 Å². The fourth-order valence-electron chi connectivity index (χ4n) is 3.79. The zero-order valence-electron chi connectivity index (χ0n) is 18.8. The minimum Gasteiger partial charge on any atom is -0.444 e. The van der Waals surface area contributed by atoms with E-state index in [4.69, 9.17) is 4.74 Å². The van der Waals surface area contributed by atoms with E-state index in [1.807, 2.05) is 30.3 Å². The van der Waals surface area contributed by atoms with Crippen LogP contribution in [0.1, 0.15) is 23.1 Å². The van der Waals surface area contributed by atoms with E-state index in [1.165, 1.54) is 12.1 Å². The zero-order valence-corrected chi connectivity index (χ0v) is 18.8. The summed E-state index contributed by atoms with van der Waals surface area (Å²) in [5, 5.41) is 2.65. The van der Waals surface area contributed by atoms with E-state index in [0.29, 0.717) is 30.0 Å². The summed E-state index contributed by atoms with van der Waals surface area (Å²) in [6, 6.07) is 20.8. The van der Waals surface area contributed by atoms with Crippen molar-refractivity contribution in [3.63, 3.8) is 0 Å². The van der Waals surface area contributed by atoms with E-state index in [1.54, 1.807) is 34.1 Å².